The number of para-hydroxylation sites is 1. The summed E-state index contributed by atoms with van der Waals surface area (Å²) in [5.41, 5.74) is 1.05. The van der Waals surface area contributed by atoms with Gasteiger partial charge in [-0.2, -0.15) is 0 Å². The summed E-state index contributed by atoms with van der Waals surface area (Å²) in [4.78, 5) is 22.8. The zero-order valence-electron chi connectivity index (χ0n) is 10.9. The standard InChI is InChI=1S/C13H17N3O2S/c1-3-8-14-12(18)10-6-4-5-7-11(10)16-13(19)15-9(2)17/h4-7H,3,8H2,1-2H3,(H,14,18)(H2,15,16,17,19). The fraction of sp³-hybridized carbons (Fsp3) is 0.308. The normalized spacial score (nSPS) is 9.58. The highest BCUT2D eigenvalue weighted by Gasteiger charge is 2.11. The van der Waals surface area contributed by atoms with E-state index in [9.17, 15) is 9.59 Å². The minimum atomic E-state index is -0.259. The van der Waals surface area contributed by atoms with Crippen LogP contribution in [0, 0.1) is 0 Å². The van der Waals surface area contributed by atoms with Gasteiger partial charge in [0.1, 0.15) is 0 Å². The molecule has 0 bridgehead atoms. The van der Waals surface area contributed by atoms with Crippen LogP contribution in [0.5, 0.6) is 0 Å². The summed E-state index contributed by atoms with van der Waals surface area (Å²) in [6, 6.07) is 6.99. The quantitative estimate of drug-likeness (QED) is 0.733. The smallest absolute Gasteiger partial charge is 0.253 e. The summed E-state index contributed by atoms with van der Waals surface area (Å²) in [6.07, 6.45) is 0.867. The van der Waals surface area contributed by atoms with Gasteiger partial charge in [0.05, 0.1) is 11.3 Å². The molecule has 0 aromatic heterocycles. The van der Waals surface area contributed by atoms with Crippen molar-refractivity contribution in [2.24, 2.45) is 0 Å². The number of nitrogens with one attached hydrogen (secondary N) is 3. The second kappa shape index (κ2) is 7.48. The molecule has 1 aromatic carbocycles. The first-order valence-electron chi connectivity index (χ1n) is 6.00. The maximum atomic E-state index is 11.9. The van der Waals surface area contributed by atoms with E-state index >= 15 is 0 Å². The Balaban J connectivity index is 2.80. The third-order valence-corrected chi connectivity index (χ3v) is 2.45. The van der Waals surface area contributed by atoms with Crippen molar-refractivity contribution in [3.8, 4) is 0 Å². The molecule has 0 unspecified atom stereocenters. The molecule has 19 heavy (non-hydrogen) atoms. The Morgan fingerprint density at radius 3 is 2.58 bits per heavy atom. The van der Waals surface area contributed by atoms with Gasteiger partial charge in [0, 0.05) is 13.5 Å². The van der Waals surface area contributed by atoms with Crippen molar-refractivity contribution < 1.29 is 9.59 Å². The molecule has 3 N–H and O–H groups in total. The first kappa shape index (κ1) is 15.1. The number of rotatable bonds is 4. The molecule has 0 saturated heterocycles. The number of benzene rings is 1. The lowest BCUT2D eigenvalue weighted by atomic mass is 10.1. The van der Waals surface area contributed by atoms with E-state index in [1.54, 1.807) is 24.3 Å². The van der Waals surface area contributed by atoms with Crippen LogP contribution >= 0.6 is 12.2 Å². The number of hydrogen-bond donors (Lipinski definition) is 3. The Hall–Kier alpha value is -1.95. The van der Waals surface area contributed by atoms with Gasteiger partial charge in [-0.1, -0.05) is 19.1 Å². The van der Waals surface area contributed by atoms with E-state index in [1.165, 1.54) is 6.92 Å². The van der Waals surface area contributed by atoms with Crippen LogP contribution in [0.25, 0.3) is 0 Å². The molecule has 0 fully saturated rings. The maximum absolute atomic E-state index is 11.9. The molecule has 0 aliphatic heterocycles. The summed E-state index contributed by atoms with van der Waals surface area (Å²) < 4.78 is 0. The monoisotopic (exact) mass is 279 g/mol. The molecule has 5 nitrogen and oxygen atoms in total. The van der Waals surface area contributed by atoms with Crippen LogP contribution in [0.15, 0.2) is 24.3 Å². The largest absolute Gasteiger partial charge is 0.352 e. The van der Waals surface area contributed by atoms with Crippen LogP contribution < -0.4 is 16.0 Å². The van der Waals surface area contributed by atoms with E-state index in [2.05, 4.69) is 16.0 Å². The molecule has 1 aromatic rings. The van der Waals surface area contributed by atoms with Crippen molar-refractivity contribution in [3.05, 3.63) is 29.8 Å². The molecule has 6 heteroatoms. The van der Waals surface area contributed by atoms with Gasteiger partial charge < -0.3 is 16.0 Å². The number of carbonyl (C=O) groups is 2. The zero-order valence-corrected chi connectivity index (χ0v) is 11.8. The Morgan fingerprint density at radius 1 is 1.26 bits per heavy atom. The molecule has 0 atom stereocenters. The van der Waals surface area contributed by atoms with Gasteiger partial charge in [-0.05, 0) is 30.8 Å². The van der Waals surface area contributed by atoms with E-state index in [1.807, 2.05) is 6.92 Å². The molecule has 0 aliphatic rings. The summed E-state index contributed by atoms with van der Waals surface area (Å²) in [5.74, 6) is -0.430. The molecule has 102 valence electrons. The predicted molar refractivity (Wildman–Crippen MR) is 79.1 cm³/mol. The van der Waals surface area contributed by atoms with Gasteiger partial charge in [0.2, 0.25) is 5.91 Å². The molecule has 2 amide bonds. The third-order valence-electron chi connectivity index (χ3n) is 2.25. The lowest BCUT2D eigenvalue weighted by molar-refractivity contribution is -0.117. The number of hydrogen-bond acceptors (Lipinski definition) is 3. The Morgan fingerprint density at radius 2 is 1.95 bits per heavy atom. The summed E-state index contributed by atoms with van der Waals surface area (Å²) in [6.45, 7) is 3.97. The first-order valence-corrected chi connectivity index (χ1v) is 6.41. The van der Waals surface area contributed by atoms with E-state index in [0.717, 1.165) is 6.42 Å². The van der Waals surface area contributed by atoms with Crippen LogP contribution in [-0.2, 0) is 4.79 Å². The number of amides is 2. The maximum Gasteiger partial charge on any atom is 0.253 e. The highest BCUT2D eigenvalue weighted by Crippen LogP contribution is 2.14. The van der Waals surface area contributed by atoms with Gasteiger partial charge in [-0.15, -0.1) is 0 Å². The lowest BCUT2D eigenvalue weighted by Crippen LogP contribution is -2.33. The predicted octanol–water partition coefficient (Wildman–Crippen LogP) is 1.66. The highest BCUT2D eigenvalue weighted by molar-refractivity contribution is 7.80. The second-order valence-electron chi connectivity index (χ2n) is 3.94. The van der Waals surface area contributed by atoms with Crippen LogP contribution in [0.1, 0.15) is 30.6 Å². The summed E-state index contributed by atoms with van der Waals surface area (Å²) >= 11 is 4.97. The third kappa shape index (κ3) is 5.05. The molecular weight excluding hydrogens is 262 g/mol. The van der Waals surface area contributed by atoms with Crippen molar-refractivity contribution in [2.45, 2.75) is 20.3 Å². The Labute approximate surface area is 117 Å². The molecule has 0 saturated carbocycles. The Bertz CT molecular complexity index is 489. The van der Waals surface area contributed by atoms with Gasteiger partial charge in [0.25, 0.3) is 5.91 Å². The topological polar surface area (TPSA) is 70.2 Å². The van der Waals surface area contributed by atoms with Gasteiger partial charge in [0.15, 0.2) is 5.11 Å². The summed E-state index contributed by atoms with van der Waals surface area (Å²) in [5, 5.41) is 8.25. The summed E-state index contributed by atoms with van der Waals surface area (Å²) in [7, 11) is 0. The highest BCUT2D eigenvalue weighted by atomic mass is 32.1. The minimum absolute atomic E-state index is 0.170. The molecule has 0 radical (unpaired) electrons. The number of thiocarbonyl (C=S) groups is 1. The van der Waals surface area contributed by atoms with Crippen molar-refractivity contribution in [2.75, 3.05) is 11.9 Å². The number of carbonyl (C=O) groups excluding carboxylic acids is 2. The molecular formula is C13H17N3O2S. The van der Waals surface area contributed by atoms with Crippen LogP contribution in [0.4, 0.5) is 5.69 Å². The van der Waals surface area contributed by atoms with Crippen LogP contribution in [-0.4, -0.2) is 23.5 Å². The molecule has 0 heterocycles. The SMILES string of the molecule is CCCNC(=O)c1ccccc1NC(=S)NC(C)=O. The van der Waals surface area contributed by atoms with E-state index < -0.39 is 0 Å². The first-order chi connectivity index (χ1) is 9.04. The van der Waals surface area contributed by atoms with E-state index in [-0.39, 0.29) is 16.9 Å². The van der Waals surface area contributed by atoms with Crippen LogP contribution in [0.2, 0.25) is 0 Å². The van der Waals surface area contributed by atoms with Crippen molar-refractivity contribution in [3.63, 3.8) is 0 Å². The number of anilines is 1. The van der Waals surface area contributed by atoms with Gasteiger partial charge >= 0.3 is 0 Å². The van der Waals surface area contributed by atoms with Gasteiger partial charge in [-0.3, -0.25) is 9.59 Å². The van der Waals surface area contributed by atoms with E-state index in [4.69, 9.17) is 12.2 Å². The zero-order chi connectivity index (χ0) is 14.3. The minimum Gasteiger partial charge on any atom is -0.352 e. The van der Waals surface area contributed by atoms with Crippen molar-refractivity contribution >= 4 is 34.8 Å². The molecule has 0 spiro atoms. The van der Waals surface area contributed by atoms with Crippen molar-refractivity contribution in [1.29, 1.82) is 0 Å². The molecule has 0 aliphatic carbocycles. The fourth-order valence-corrected chi connectivity index (χ4v) is 1.69. The molecule has 1 rings (SSSR count). The second-order valence-corrected chi connectivity index (χ2v) is 4.35. The average molecular weight is 279 g/mol. The fourth-order valence-electron chi connectivity index (χ4n) is 1.44. The Kier molecular flexibility index (Phi) is 5.95. The van der Waals surface area contributed by atoms with Crippen LogP contribution in [0.3, 0.4) is 0 Å². The van der Waals surface area contributed by atoms with Gasteiger partial charge in [-0.25, -0.2) is 0 Å². The van der Waals surface area contributed by atoms with Crippen molar-refractivity contribution in [1.82, 2.24) is 10.6 Å². The van der Waals surface area contributed by atoms with E-state index in [0.29, 0.717) is 17.8 Å². The average Bonchev–Trinajstić information content (AvgIpc) is 2.35. The lowest BCUT2D eigenvalue weighted by Gasteiger charge is -2.12.